The first-order valence-corrected chi connectivity index (χ1v) is 6.60. The molecule has 0 radical (unpaired) electrons. The fourth-order valence-corrected chi connectivity index (χ4v) is 2.19. The Balaban J connectivity index is 0.00000180. The molecule has 0 saturated heterocycles. The summed E-state index contributed by atoms with van der Waals surface area (Å²) in [5.41, 5.74) is 5.95. The molecule has 2 aromatic rings. The van der Waals surface area contributed by atoms with Gasteiger partial charge in [-0.15, -0.1) is 0 Å². The molecule has 102 valence electrons. The Morgan fingerprint density at radius 1 is 1.10 bits per heavy atom. The first-order chi connectivity index (χ1) is 8.47. The molecule has 0 spiro atoms. The second-order valence-electron chi connectivity index (χ2n) is 3.33. The zero-order chi connectivity index (χ0) is 13.2. The van der Waals surface area contributed by atoms with Crippen LogP contribution in [0.15, 0.2) is 41.6 Å². The smallest absolute Gasteiger partial charge is 0.438 e. The molecule has 1 aromatic heterocycles. The van der Waals surface area contributed by atoms with E-state index in [2.05, 4.69) is 14.7 Å². The Morgan fingerprint density at radius 2 is 1.70 bits per heavy atom. The molecule has 1 aromatic carbocycles. The van der Waals surface area contributed by atoms with Crippen LogP contribution in [0, 0.1) is 0 Å². The number of benzene rings is 1. The van der Waals surface area contributed by atoms with E-state index in [9.17, 15) is 8.42 Å². The van der Waals surface area contributed by atoms with Crippen molar-refractivity contribution in [1.82, 2.24) is 9.97 Å². The monoisotopic (exact) mass is 324 g/mol. The van der Waals surface area contributed by atoms with Gasteiger partial charge >= 0.3 is 29.6 Å². The van der Waals surface area contributed by atoms with Crippen molar-refractivity contribution in [3.05, 3.63) is 46.5 Å². The Kier molecular flexibility index (Phi) is 7.42. The van der Waals surface area contributed by atoms with Crippen molar-refractivity contribution in [2.75, 3.05) is 5.73 Å². The summed E-state index contributed by atoms with van der Waals surface area (Å²) in [7, 11) is -3.82. The molecular formula is C10H10ClN4NaO3S. The first kappa shape index (κ1) is 19.1. The summed E-state index contributed by atoms with van der Waals surface area (Å²) in [6.07, 6.45) is 2.40. The molecule has 0 fully saturated rings. The van der Waals surface area contributed by atoms with Gasteiger partial charge in [-0.2, -0.15) is 0 Å². The van der Waals surface area contributed by atoms with Crippen LogP contribution in [0.1, 0.15) is 0 Å². The maximum atomic E-state index is 11.9. The summed E-state index contributed by atoms with van der Waals surface area (Å²) >= 11 is 5.54. The summed E-state index contributed by atoms with van der Waals surface area (Å²) < 4.78 is 27.3. The fraction of sp³-hybridized carbons (Fsp3) is 0. The molecule has 1 heterocycles. The van der Waals surface area contributed by atoms with Gasteiger partial charge in [0.25, 0.3) is 0 Å². The summed E-state index contributed by atoms with van der Waals surface area (Å²) in [6, 6.07) is 5.71. The van der Waals surface area contributed by atoms with Crippen LogP contribution in [0.3, 0.4) is 0 Å². The van der Waals surface area contributed by atoms with E-state index in [1.54, 1.807) is 0 Å². The maximum Gasteiger partial charge on any atom is 1.00 e. The van der Waals surface area contributed by atoms with Crippen molar-refractivity contribution < 1.29 is 43.5 Å². The average molecular weight is 325 g/mol. The van der Waals surface area contributed by atoms with Crippen LogP contribution < -0.4 is 35.3 Å². The number of nitrogens with zero attached hydrogens (tertiary/aromatic N) is 3. The summed E-state index contributed by atoms with van der Waals surface area (Å²) in [5.74, 6) is -0.0313. The summed E-state index contributed by atoms with van der Waals surface area (Å²) in [6.45, 7) is 0. The average Bonchev–Trinajstić information content (AvgIpc) is 2.32. The van der Waals surface area contributed by atoms with Crippen molar-refractivity contribution in [1.29, 1.82) is 0 Å². The number of halogens is 1. The molecule has 20 heavy (non-hydrogen) atoms. The van der Waals surface area contributed by atoms with Crippen LogP contribution in [0.25, 0.3) is 4.72 Å². The number of aromatic nitrogens is 2. The van der Waals surface area contributed by atoms with Gasteiger partial charge in [0, 0.05) is 11.9 Å². The fourth-order valence-electron chi connectivity index (χ4n) is 1.17. The molecule has 0 amide bonds. The molecule has 0 bridgehead atoms. The molecule has 4 N–H and O–H groups in total. The molecule has 0 aliphatic heterocycles. The first-order valence-electron chi connectivity index (χ1n) is 4.78. The Labute approximate surface area is 143 Å². The second kappa shape index (κ2) is 7.77. The molecule has 2 rings (SSSR count). The predicted molar refractivity (Wildman–Crippen MR) is 71.7 cm³/mol. The Hall–Kier alpha value is -0.900. The second-order valence-corrected chi connectivity index (χ2v) is 5.32. The minimum absolute atomic E-state index is 0. The molecular weight excluding hydrogens is 315 g/mol. The number of nitrogen functional groups attached to an aromatic ring is 1. The number of sulfonamides is 1. The van der Waals surface area contributed by atoms with Crippen LogP contribution in [0.4, 0.5) is 11.5 Å². The zero-order valence-corrected chi connectivity index (χ0v) is 14.1. The van der Waals surface area contributed by atoms with E-state index >= 15 is 0 Å². The van der Waals surface area contributed by atoms with Crippen molar-refractivity contribution in [2.24, 2.45) is 0 Å². The van der Waals surface area contributed by atoms with Crippen molar-refractivity contribution in [3.8, 4) is 0 Å². The van der Waals surface area contributed by atoms with Gasteiger partial charge < -0.3 is 20.9 Å². The van der Waals surface area contributed by atoms with Crippen LogP contribution in [-0.2, 0) is 10.0 Å². The molecule has 0 saturated carbocycles. The largest absolute Gasteiger partial charge is 1.00 e. The van der Waals surface area contributed by atoms with Crippen LogP contribution >= 0.6 is 11.6 Å². The van der Waals surface area contributed by atoms with Crippen molar-refractivity contribution >= 4 is 33.1 Å². The number of hydrogen-bond acceptors (Lipinski definition) is 5. The third kappa shape index (κ3) is 4.89. The zero-order valence-electron chi connectivity index (χ0n) is 10.5. The summed E-state index contributed by atoms with van der Waals surface area (Å²) in [4.78, 5) is 7.47. The molecule has 10 heteroatoms. The van der Waals surface area contributed by atoms with E-state index in [0.29, 0.717) is 5.69 Å². The van der Waals surface area contributed by atoms with Crippen LogP contribution in [0.5, 0.6) is 0 Å². The minimum atomic E-state index is -3.82. The van der Waals surface area contributed by atoms with Gasteiger partial charge in [-0.3, -0.25) is 0 Å². The standard InChI is InChI=1S/C10H8ClN4O2S.Na.H2O/c11-9-5-14-10(6-13-9)15-18(16,17)8-3-1-7(12)2-4-8;;/h1-6H,12H2;;1H2/q-1;+1;. The van der Waals surface area contributed by atoms with Gasteiger partial charge in [0.05, 0.1) is 4.90 Å². The van der Waals surface area contributed by atoms with E-state index in [1.165, 1.54) is 36.7 Å². The van der Waals surface area contributed by atoms with Gasteiger partial charge in [0.1, 0.15) is 5.15 Å². The number of rotatable bonds is 3. The van der Waals surface area contributed by atoms with E-state index < -0.39 is 10.0 Å². The normalized spacial score (nSPS) is 10.1. The van der Waals surface area contributed by atoms with Gasteiger partial charge in [0.2, 0.25) is 10.0 Å². The number of hydrogen-bond donors (Lipinski definition) is 1. The van der Waals surface area contributed by atoms with E-state index in [4.69, 9.17) is 17.3 Å². The van der Waals surface area contributed by atoms with Gasteiger partial charge in [-0.25, -0.2) is 13.4 Å². The van der Waals surface area contributed by atoms with Crippen molar-refractivity contribution in [3.63, 3.8) is 0 Å². The van der Waals surface area contributed by atoms with Crippen molar-refractivity contribution in [2.45, 2.75) is 4.90 Å². The Bertz CT molecular complexity index is 649. The molecule has 7 nitrogen and oxygen atoms in total. The third-order valence-electron chi connectivity index (χ3n) is 2.00. The predicted octanol–water partition coefficient (Wildman–Crippen LogP) is -1.71. The van der Waals surface area contributed by atoms with Crippen LogP contribution in [-0.4, -0.2) is 23.9 Å². The van der Waals surface area contributed by atoms with Gasteiger partial charge in [-0.05, 0) is 36.3 Å². The third-order valence-corrected chi connectivity index (χ3v) is 3.49. The molecule has 0 aliphatic carbocycles. The van der Waals surface area contributed by atoms with Gasteiger partial charge in [-0.1, -0.05) is 11.6 Å². The van der Waals surface area contributed by atoms with Gasteiger partial charge in [0.15, 0.2) is 0 Å². The van der Waals surface area contributed by atoms with E-state index in [1.807, 2.05) is 0 Å². The van der Waals surface area contributed by atoms with E-state index in [0.717, 1.165) is 0 Å². The molecule has 0 aliphatic rings. The quantitative estimate of drug-likeness (QED) is 0.530. The topological polar surface area (TPSA) is 132 Å². The van der Waals surface area contributed by atoms with Crippen LogP contribution in [0.2, 0.25) is 5.15 Å². The number of nitrogens with two attached hydrogens (primary N) is 1. The Morgan fingerprint density at radius 3 is 2.20 bits per heavy atom. The minimum Gasteiger partial charge on any atom is -0.438 e. The summed E-state index contributed by atoms with van der Waals surface area (Å²) in [5, 5.41) is 0.166. The van der Waals surface area contributed by atoms with E-state index in [-0.39, 0.29) is 50.9 Å². The maximum absolute atomic E-state index is 11.9. The SMILES string of the molecule is Nc1ccc(S(=O)(=O)[N-]c2cnc(Cl)cn2)cc1.O.[Na+]. The number of anilines is 1. The molecule has 0 atom stereocenters. The molecule has 0 unspecified atom stereocenters.